The summed E-state index contributed by atoms with van der Waals surface area (Å²) in [5.41, 5.74) is 0. The number of unbranched alkanes of at least 4 members (excludes halogenated alkanes) is 46. The highest BCUT2D eigenvalue weighted by molar-refractivity contribution is 5.80. The maximum atomic E-state index is 13.2. The van der Waals surface area contributed by atoms with Crippen molar-refractivity contribution in [1.29, 1.82) is 0 Å². The molecule has 464 valence electrons. The van der Waals surface area contributed by atoms with Crippen LogP contribution in [0.4, 0.5) is 0 Å². The summed E-state index contributed by atoms with van der Waals surface area (Å²) in [4.78, 5) is 13.2. The van der Waals surface area contributed by atoms with Gasteiger partial charge in [0.2, 0.25) is 5.91 Å². The fraction of sp³-hybridized carbons (Fsp3) is 0.955. The van der Waals surface area contributed by atoms with Gasteiger partial charge in [-0.25, -0.2) is 0 Å². The van der Waals surface area contributed by atoms with E-state index in [1.54, 1.807) is 0 Å². The molecule has 1 amide bonds. The molecule has 0 aliphatic carbocycles. The molecule has 11 nitrogen and oxygen atoms in total. The Bertz CT molecular complexity index is 1270. The molecule has 0 aromatic heterocycles. The van der Waals surface area contributed by atoms with Crippen LogP contribution in [0.5, 0.6) is 0 Å². The Balaban J connectivity index is 2.22. The van der Waals surface area contributed by atoms with Crippen molar-refractivity contribution >= 4 is 5.91 Å². The molecule has 1 aliphatic rings. The SMILES string of the molecule is CCCCCCCCCCCCCC/C=C\CCCCCCCCCCCCCC(O)C(=O)NC(COC1OC(CO)C(O)C(O)C1O)C(O)C(O)CCCCCCCCCCCCCCCCCCCCCCCCCC. The second-order valence-corrected chi connectivity index (χ2v) is 24.3. The van der Waals surface area contributed by atoms with Crippen molar-refractivity contribution in [2.75, 3.05) is 13.2 Å². The van der Waals surface area contributed by atoms with Gasteiger partial charge in [-0.3, -0.25) is 4.79 Å². The Morgan fingerprint density at radius 2 is 0.744 bits per heavy atom. The van der Waals surface area contributed by atoms with E-state index in [9.17, 15) is 40.5 Å². The van der Waals surface area contributed by atoms with Gasteiger partial charge in [-0.2, -0.15) is 0 Å². The summed E-state index contributed by atoms with van der Waals surface area (Å²) in [6.45, 7) is 3.52. The third-order valence-corrected chi connectivity index (χ3v) is 16.8. The third kappa shape index (κ3) is 43.5. The maximum absolute atomic E-state index is 13.2. The van der Waals surface area contributed by atoms with Crippen LogP contribution in [0.25, 0.3) is 0 Å². The molecule has 9 atom stereocenters. The lowest BCUT2D eigenvalue weighted by atomic mass is 9.98. The predicted molar refractivity (Wildman–Crippen MR) is 326 cm³/mol. The first-order chi connectivity index (χ1) is 38.2. The number of allylic oxidation sites excluding steroid dienone is 2. The average Bonchev–Trinajstić information content (AvgIpc) is 3.46. The molecule has 1 saturated heterocycles. The number of hydrogen-bond acceptors (Lipinski definition) is 10. The molecule has 11 heteroatoms. The lowest BCUT2D eigenvalue weighted by molar-refractivity contribution is -0.303. The predicted octanol–water partition coefficient (Wildman–Crippen LogP) is 15.9. The van der Waals surface area contributed by atoms with Crippen LogP contribution in [-0.4, -0.2) is 110 Å². The van der Waals surface area contributed by atoms with E-state index < -0.39 is 74.2 Å². The molecule has 0 bridgehead atoms. The van der Waals surface area contributed by atoms with E-state index in [-0.39, 0.29) is 6.42 Å². The Kier molecular flexibility index (Phi) is 54.1. The molecule has 78 heavy (non-hydrogen) atoms. The van der Waals surface area contributed by atoms with Crippen molar-refractivity contribution in [3.05, 3.63) is 12.2 Å². The van der Waals surface area contributed by atoms with Gasteiger partial charge in [-0.1, -0.05) is 315 Å². The van der Waals surface area contributed by atoms with Gasteiger partial charge in [-0.05, 0) is 38.5 Å². The van der Waals surface area contributed by atoms with Crippen LogP contribution in [0.1, 0.15) is 341 Å². The van der Waals surface area contributed by atoms with Crippen LogP contribution in [0.15, 0.2) is 12.2 Å². The van der Waals surface area contributed by atoms with Gasteiger partial charge in [0.05, 0.1) is 25.4 Å². The lowest BCUT2D eigenvalue weighted by Gasteiger charge is -2.40. The minimum atomic E-state index is -1.66. The number of amides is 1. The number of carbonyl (C=O) groups is 1. The Morgan fingerprint density at radius 1 is 0.436 bits per heavy atom. The summed E-state index contributed by atoms with van der Waals surface area (Å²) in [6.07, 6.45) is 57.1. The number of rotatable bonds is 60. The number of hydrogen-bond donors (Lipinski definition) is 8. The Hall–Kier alpha value is -1.15. The third-order valence-electron chi connectivity index (χ3n) is 16.8. The quantitative estimate of drug-likeness (QED) is 0.0215. The first kappa shape index (κ1) is 74.9. The van der Waals surface area contributed by atoms with E-state index in [1.807, 2.05) is 0 Å². The summed E-state index contributed by atoms with van der Waals surface area (Å²) in [5, 5.41) is 76.5. The summed E-state index contributed by atoms with van der Waals surface area (Å²) < 4.78 is 11.2. The summed E-state index contributed by atoms with van der Waals surface area (Å²) in [6, 6.07) is -1.17. The average molecular weight is 1110 g/mol. The van der Waals surface area contributed by atoms with Crippen molar-refractivity contribution in [1.82, 2.24) is 5.32 Å². The van der Waals surface area contributed by atoms with Gasteiger partial charge in [-0.15, -0.1) is 0 Å². The van der Waals surface area contributed by atoms with Gasteiger partial charge < -0.3 is 50.5 Å². The van der Waals surface area contributed by atoms with Crippen molar-refractivity contribution in [2.24, 2.45) is 0 Å². The molecular formula is C67H131NO10. The van der Waals surface area contributed by atoms with Gasteiger partial charge in [0.15, 0.2) is 6.29 Å². The van der Waals surface area contributed by atoms with E-state index in [0.29, 0.717) is 19.3 Å². The van der Waals surface area contributed by atoms with Crippen molar-refractivity contribution < 1.29 is 50.0 Å². The zero-order valence-electron chi connectivity index (χ0n) is 51.2. The molecule has 0 aromatic carbocycles. The van der Waals surface area contributed by atoms with Crippen LogP contribution in [0, 0.1) is 0 Å². The molecule has 0 radical (unpaired) electrons. The molecule has 1 aliphatic heterocycles. The van der Waals surface area contributed by atoms with E-state index in [0.717, 1.165) is 38.5 Å². The highest BCUT2D eigenvalue weighted by Crippen LogP contribution is 2.24. The maximum Gasteiger partial charge on any atom is 0.249 e. The largest absolute Gasteiger partial charge is 0.394 e. The lowest BCUT2D eigenvalue weighted by Crippen LogP contribution is -2.60. The van der Waals surface area contributed by atoms with Crippen molar-refractivity contribution in [3.8, 4) is 0 Å². The zero-order valence-corrected chi connectivity index (χ0v) is 51.2. The second-order valence-electron chi connectivity index (χ2n) is 24.3. The topological polar surface area (TPSA) is 189 Å². The second kappa shape index (κ2) is 56.3. The summed E-state index contributed by atoms with van der Waals surface area (Å²) in [7, 11) is 0. The molecule has 0 spiro atoms. The molecule has 0 aromatic rings. The molecular weight excluding hydrogens is 979 g/mol. The zero-order chi connectivity index (χ0) is 56.8. The molecule has 8 N–H and O–H groups in total. The van der Waals surface area contributed by atoms with Crippen LogP contribution in [-0.2, 0) is 14.3 Å². The van der Waals surface area contributed by atoms with Gasteiger partial charge in [0.1, 0.15) is 36.6 Å². The van der Waals surface area contributed by atoms with Crippen LogP contribution < -0.4 is 5.32 Å². The Morgan fingerprint density at radius 3 is 1.08 bits per heavy atom. The minimum Gasteiger partial charge on any atom is -0.394 e. The molecule has 0 saturated carbocycles. The fourth-order valence-corrected chi connectivity index (χ4v) is 11.3. The summed E-state index contributed by atoms with van der Waals surface area (Å²) >= 11 is 0. The number of nitrogens with one attached hydrogen (secondary N) is 1. The number of carbonyl (C=O) groups excluding carboxylic acids is 1. The van der Waals surface area contributed by atoms with Crippen LogP contribution in [0.3, 0.4) is 0 Å². The molecule has 9 unspecified atom stereocenters. The molecule has 1 heterocycles. The van der Waals surface area contributed by atoms with Gasteiger partial charge in [0.25, 0.3) is 0 Å². The number of aliphatic hydroxyl groups is 7. The van der Waals surface area contributed by atoms with Crippen molar-refractivity contribution in [3.63, 3.8) is 0 Å². The Labute approximate surface area is 481 Å². The van der Waals surface area contributed by atoms with Gasteiger partial charge >= 0.3 is 0 Å². The highest BCUT2D eigenvalue weighted by Gasteiger charge is 2.44. The molecule has 1 fully saturated rings. The monoisotopic (exact) mass is 1110 g/mol. The number of ether oxygens (including phenoxy) is 2. The van der Waals surface area contributed by atoms with Crippen LogP contribution in [0.2, 0.25) is 0 Å². The van der Waals surface area contributed by atoms with E-state index in [1.165, 1.54) is 263 Å². The van der Waals surface area contributed by atoms with E-state index in [2.05, 4.69) is 31.3 Å². The van der Waals surface area contributed by atoms with E-state index >= 15 is 0 Å². The highest BCUT2D eigenvalue weighted by atomic mass is 16.7. The number of aliphatic hydroxyl groups excluding tert-OH is 7. The van der Waals surface area contributed by atoms with Gasteiger partial charge in [0, 0.05) is 0 Å². The minimum absolute atomic E-state index is 0.263. The van der Waals surface area contributed by atoms with Crippen LogP contribution >= 0.6 is 0 Å². The first-order valence-corrected chi connectivity index (χ1v) is 34.1. The fourth-order valence-electron chi connectivity index (χ4n) is 11.3. The molecule has 1 rings (SSSR count). The standard InChI is InChI=1S/C67H131NO10/c1-3-5-7-9-11-13-15-17-19-21-23-25-27-29-30-31-33-35-37-39-41-43-45-47-49-51-53-55-60(71)66(76)68-58(57-77-67-65(75)64(74)63(73)61(56-69)78-67)62(72)59(70)54-52-50-48-46-44-42-40-38-36-34-32-28-26-24-22-20-18-16-14-12-10-8-6-4-2/h29-30,58-65,67,69-75H,3-28,31-57H2,1-2H3,(H,68,76)/b30-29-. The normalized spacial score (nSPS) is 19.4. The smallest absolute Gasteiger partial charge is 0.249 e. The first-order valence-electron chi connectivity index (χ1n) is 34.1. The summed E-state index contributed by atoms with van der Waals surface area (Å²) in [5.74, 6) is -0.690. The van der Waals surface area contributed by atoms with Crippen molar-refractivity contribution in [2.45, 2.75) is 396 Å². The van der Waals surface area contributed by atoms with E-state index in [4.69, 9.17) is 9.47 Å².